The Hall–Kier alpha value is -0.800. The number of ether oxygens (including phenoxy) is 1. The van der Waals surface area contributed by atoms with Gasteiger partial charge in [-0.3, -0.25) is 0 Å². The molecule has 17 heavy (non-hydrogen) atoms. The lowest BCUT2D eigenvalue weighted by Crippen LogP contribution is -2.36. The Labute approximate surface area is 104 Å². The fourth-order valence-electron chi connectivity index (χ4n) is 2.69. The third kappa shape index (κ3) is 2.90. The molecule has 96 valence electrons. The van der Waals surface area contributed by atoms with Crippen LogP contribution in [0.4, 0.5) is 0 Å². The molecule has 2 rings (SSSR count). The average Bonchev–Trinajstić information content (AvgIpc) is 2.63. The average molecular weight is 236 g/mol. The zero-order valence-corrected chi connectivity index (χ0v) is 11.3. The van der Waals surface area contributed by atoms with E-state index in [2.05, 4.69) is 36.7 Å². The second-order valence-electron chi connectivity index (χ2n) is 4.94. The first-order valence-corrected chi connectivity index (χ1v) is 6.69. The summed E-state index contributed by atoms with van der Waals surface area (Å²) in [4.78, 5) is 0. The SMILES string of the molecule is CCn1c(C)cc(CNC2CCCOC2)c1C. The maximum absolute atomic E-state index is 5.48. The van der Waals surface area contributed by atoms with Gasteiger partial charge in [0.05, 0.1) is 6.61 Å². The van der Waals surface area contributed by atoms with Gasteiger partial charge in [0.2, 0.25) is 0 Å². The monoisotopic (exact) mass is 236 g/mol. The highest BCUT2D eigenvalue weighted by atomic mass is 16.5. The molecule has 1 aromatic rings. The highest BCUT2D eigenvalue weighted by Crippen LogP contribution is 2.15. The van der Waals surface area contributed by atoms with E-state index in [1.54, 1.807) is 0 Å². The Morgan fingerprint density at radius 2 is 2.29 bits per heavy atom. The van der Waals surface area contributed by atoms with E-state index < -0.39 is 0 Å². The minimum atomic E-state index is 0.536. The molecule has 1 aliphatic rings. The van der Waals surface area contributed by atoms with E-state index in [9.17, 15) is 0 Å². The largest absolute Gasteiger partial charge is 0.380 e. The van der Waals surface area contributed by atoms with Gasteiger partial charge < -0.3 is 14.6 Å². The van der Waals surface area contributed by atoms with Crippen LogP contribution in [0, 0.1) is 13.8 Å². The first-order chi connectivity index (χ1) is 8.22. The van der Waals surface area contributed by atoms with Gasteiger partial charge in [-0.2, -0.15) is 0 Å². The fraction of sp³-hybridized carbons (Fsp3) is 0.714. The minimum Gasteiger partial charge on any atom is -0.380 e. The summed E-state index contributed by atoms with van der Waals surface area (Å²) in [5, 5.41) is 3.61. The first kappa shape index (κ1) is 12.7. The molecule has 2 heterocycles. The van der Waals surface area contributed by atoms with Gasteiger partial charge in [-0.05, 0) is 45.2 Å². The lowest BCUT2D eigenvalue weighted by Gasteiger charge is -2.23. The summed E-state index contributed by atoms with van der Waals surface area (Å²) in [5.41, 5.74) is 4.19. The number of hydrogen-bond donors (Lipinski definition) is 1. The fourth-order valence-corrected chi connectivity index (χ4v) is 2.69. The van der Waals surface area contributed by atoms with Gasteiger partial charge in [-0.1, -0.05) is 0 Å². The van der Waals surface area contributed by atoms with Crippen molar-refractivity contribution in [2.45, 2.75) is 52.7 Å². The number of nitrogens with zero attached hydrogens (tertiary/aromatic N) is 1. The predicted octanol–water partition coefficient (Wildman–Crippen LogP) is 2.39. The second-order valence-corrected chi connectivity index (χ2v) is 4.94. The van der Waals surface area contributed by atoms with Crippen LogP contribution >= 0.6 is 0 Å². The smallest absolute Gasteiger partial charge is 0.0619 e. The molecule has 1 saturated heterocycles. The van der Waals surface area contributed by atoms with Gasteiger partial charge in [0, 0.05) is 37.1 Å². The highest BCUT2D eigenvalue weighted by molar-refractivity contribution is 5.26. The molecule has 1 aromatic heterocycles. The van der Waals surface area contributed by atoms with Crippen molar-refractivity contribution in [2.24, 2.45) is 0 Å². The third-order valence-electron chi connectivity index (χ3n) is 3.74. The molecule has 0 saturated carbocycles. The van der Waals surface area contributed by atoms with E-state index >= 15 is 0 Å². The molecule has 0 aromatic carbocycles. The second kappa shape index (κ2) is 5.69. The van der Waals surface area contributed by atoms with Gasteiger partial charge in [0.15, 0.2) is 0 Å². The van der Waals surface area contributed by atoms with E-state index in [0.717, 1.165) is 26.3 Å². The van der Waals surface area contributed by atoms with Gasteiger partial charge >= 0.3 is 0 Å². The van der Waals surface area contributed by atoms with Gasteiger partial charge in [0.25, 0.3) is 0 Å². The van der Waals surface area contributed by atoms with E-state index in [1.807, 2.05) is 0 Å². The molecule has 0 bridgehead atoms. The standard InChI is InChI=1S/C14H24N2O/c1-4-16-11(2)8-13(12(16)3)9-15-14-6-5-7-17-10-14/h8,14-15H,4-7,9-10H2,1-3H3. The zero-order chi connectivity index (χ0) is 12.3. The van der Waals surface area contributed by atoms with Crippen LogP contribution in [-0.2, 0) is 17.8 Å². The van der Waals surface area contributed by atoms with Crippen LogP contribution in [-0.4, -0.2) is 23.8 Å². The molecular formula is C14H24N2O. The Balaban J connectivity index is 1.94. The minimum absolute atomic E-state index is 0.536. The van der Waals surface area contributed by atoms with Crippen molar-refractivity contribution in [3.63, 3.8) is 0 Å². The van der Waals surface area contributed by atoms with Crippen molar-refractivity contribution in [1.29, 1.82) is 0 Å². The van der Waals surface area contributed by atoms with Gasteiger partial charge in [0.1, 0.15) is 0 Å². The van der Waals surface area contributed by atoms with Crippen LogP contribution < -0.4 is 5.32 Å². The summed E-state index contributed by atoms with van der Waals surface area (Å²) in [6, 6.07) is 2.84. The van der Waals surface area contributed by atoms with E-state index in [1.165, 1.54) is 29.8 Å². The number of nitrogens with one attached hydrogen (secondary N) is 1. The zero-order valence-electron chi connectivity index (χ0n) is 11.3. The Morgan fingerprint density at radius 3 is 2.88 bits per heavy atom. The third-order valence-corrected chi connectivity index (χ3v) is 3.74. The molecule has 1 fully saturated rings. The number of aryl methyl sites for hydroxylation is 1. The topological polar surface area (TPSA) is 26.2 Å². The van der Waals surface area contributed by atoms with Crippen LogP contribution in [0.5, 0.6) is 0 Å². The molecule has 1 N–H and O–H groups in total. The highest BCUT2D eigenvalue weighted by Gasteiger charge is 2.14. The normalized spacial score (nSPS) is 20.8. The van der Waals surface area contributed by atoms with Gasteiger partial charge in [-0.25, -0.2) is 0 Å². The number of rotatable bonds is 4. The summed E-state index contributed by atoms with van der Waals surface area (Å²) in [6.45, 7) is 10.4. The summed E-state index contributed by atoms with van der Waals surface area (Å²) in [7, 11) is 0. The van der Waals surface area contributed by atoms with E-state index in [-0.39, 0.29) is 0 Å². The van der Waals surface area contributed by atoms with Gasteiger partial charge in [-0.15, -0.1) is 0 Å². The Kier molecular flexibility index (Phi) is 4.24. The molecule has 0 aliphatic carbocycles. The Bertz CT molecular complexity index is 365. The van der Waals surface area contributed by atoms with Crippen LogP contribution in [0.25, 0.3) is 0 Å². The molecular weight excluding hydrogens is 212 g/mol. The van der Waals surface area contributed by atoms with E-state index in [4.69, 9.17) is 4.74 Å². The van der Waals surface area contributed by atoms with Crippen LogP contribution in [0.1, 0.15) is 36.7 Å². The van der Waals surface area contributed by atoms with E-state index in [0.29, 0.717) is 6.04 Å². The lowest BCUT2D eigenvalue weighted by molar-refractivity contribution is 0.0699. The molecule has 3 nitrogen and oxygen atoms in total. The van der Waals surface area contributed by atoms with Crippen molar-refractivity contribution in [1.82, 2.24) is 9.88 Å². The number of aromatic nitrogens is 1. The van der Waals surface area contributed by atoms with Crippen molar-refractivity contribution in [3.05, 3.63) is 23.0 Å². The summed E-state index contributed by atoms with van der Waals surface area (Å²) in [6.07, 6.45) is 2.43. The van der Waals surface area contributed by atoms with Crippen LogP contribution in [0.3, 0.4) is 0 Å². The molecule has 0 amide bonds. The molecule has 1 aliphatic heterocycles. The summed E-state index contributed by atoms with van der Waals surface area (Å²) >= 11 is 0. The van der Waals surface area contributed by atoms with Crippen LogP contribution in [0.15, 0.2) is 6.07 Å². The molecule has 1 atom stereocenters. The molecule has 0 spiro atoms. The predicted molar refractivity (Wildman–Crippen MR) is 70.3 cm³/mol. The van der Waals surface area contributed by atoms with Crippen molar-refractivity contribution in [3.8, 4) is 0 Å². The lowest BCUT2D eigenvalue weighted by atomic mass is 10.1. The summed E-state index contributed by atoms with van der Waals surface area (Å²) < 4.78 is 7.85. The Morgan fingerprint density at radius 1 is 1.47 bits per heavy atom. The van der Waals surface area contributed by atoms with Crippen molar-refractivity contribution < 1.29 is 4.74 Å². The molecule has 3 heteroatoms. The summed E-state index contributed by atoms with van der Waals surface area (Å²) in [5.74, 6) is 0. The quantitative estimate of drug-likeness (QED) is 0.868. The maximum Gasteiger partial charge on any atom is 0.0619 e. The van der Waals surface area contributed by atoms with Crippen molar-refractivity contribution >= 4 is 0 Å². The maximum atomic E-state index is 5.48. The molecule has 0 radical (unpaired) electrons. The van der Waals surface area contributed by atoms with Crippen LogP contribution in [0.2, 0.25) is 0 Å². The number of hydrogen-bond acceptors (Lipinski definition) is 2. The molecule has 1 unspecified atom stereocenters. The first-order valence-electron chi connectivity index (χ1n) is 6.69. The van der Waals surface area contributed by atoms with Crippen molar-refractivity contribution in [2.75, 3.05) is 13.2 Å².